The Morgan fingerprint density at radius 1 is 1.05 bits per heavy atom. The van der Waals surface area contributed by atoms with E-state index < -0.39 is 11.9 Å². The number of nitrogens with zero attached hydrogens (tertiary/aromatic N) is 1. The van der Waals surface area contributed by atoms with Crippen molar-refractivity contribution in [2.24, 2.45) is 5.73 Å². The van der Waals surface area contributed by atoms with E-state index in [2.05, 4.69) is 0 Å². The van der Waals surface area contributed by atoms with Crippen LogP contribution in [0.1, 0.15) is 27.5 Å². The van der Waals surface area contributed by atoms with Crippen molar-refractivity contribution >= 4 is 11.8 Å². The maximum absolute atomic E-state index is 12.4. The van der Waals surface area contributed by atoms with Gasteiger partial charge < -0.3 is 10.6 Å². The largest absolute Gasteiger partial charge is 0.368 e. The van der Waals surface area contributed by atoms with Crippen molar-refractivity contribution in [1.29, 1.82) is 0 Å². The lowest BCUT2D eigenvalue weighted by Gasteiger charge is -2.25. The average Bonchev–Trinajstić information content (AvgIpc) is 2.78. The number of fused-ring (bicyclic) bond motifs is 1. The fourth-order valence-electron chi connectivity index (χ4n) is 2.62. The maximum Gasteiger partial charge on any atom is 0.255 e. The molecule has 0 bridgehead atoms. The number of primary amides is 1. The van der Waals surface area contributed by atoms with Gasteiger partial charge in [0.1, 0.15) is 6.04 Å². The SMILES string of the molecule is NC(=O)C(c1ccccc1)N1Cc2ccccc2C1=O. The van der Waals surface area contributed by atoms with Crippen molar-refractivity contribution in [2.45, 2.75) is 12.6 Å². The molecule has 1 unspecified atom stereocenters. The Hall–Kier alpha value is -2.62. The van der Waals surface area contributed by atoms with E-state index in [-0.39, 0.29) is 5.91 Å². The van der Waals surface area contributed by atoms with Gasteiger partial charge >= 0.3 is 0 Å². The predicted molar refractivity (Wildman–Crippen MR) is 74.7 cm³/mol. The first-order valence-electron chi connectivity index (χ1n) is 6.41. The van der Waals surface area contributed by atoms with Gasteiger partial charge in [-0.25, -0.2) is 0 Å². The van der Waals surface area contributed by atoms with Crippen LogP contribution in [0.3, 0.4) is 0 Å². The molecule has 2 N–H and O–H groups in total. The van der Waals surface area contributed by atoms with Gasteiger partial charge in [-0.1, -0.05) is 48.5 Å². The van der Waals surface area contributed by atoms with Crippen LogP contribution in [-0.4, -0.2) is 16.7 Å². The van der Waals surface area contributed by atoms with Gasteiger partial charge in [-0.05, 0) is 17.2 Å². The van der Waals surface area contributed by atoms with Gasteiger partial charge in [0.05, 0.1) is 0 Å². The lowest BCUT2D eigenvalue weighted by atomic mass is 10.1. The highest BCUT2D eigenvalue weighted by Crippen LogP contribution is 2.31. The van der Waals surface area contributed by atoms with Gasteiger partial charge in [0.15, 0.2) is 0 Å². The number of rotatable bonds is 3. The summed E-state index contributed by atoms with van der Waals surface area (Å²) in [5.41, 5.74) is 7.83. The number of hydrogen-bond donors (Lipinski definition) is 1. The number of hydrogen-bond acceptors (Lipinski definition) is 2. The Kier molecular flexibility index (Phi) is 2.99. The molecular formula is C16H14N2O2. The normalized spacial score (nSPS) is 15.0. The summed E-state index contributed by atoms with van der Waals surface area (Å²) in [5, 5.41) is 0. The van der Waals surface area contributed by atoms with Crippen LogP contribution < -0.4 is 5.73 Å². The molecule has 2 aromatic rings. The Bertz CT molecular complexity index is 667. The maximum atomic E-state index is 12.4. The Labute approximate surface area is 116 Å². The summed E-state index contributed by atoms with van der Waals surface area (Å²) in [5.74, 6) is -0.661. The molecule has 0 aliphatic carbocycles. The van der Waals surface area contributed by atoms with Crippen LogP contribution in [0.4, 0.5) is 0 Å². The summed E-state index contributed by atoms with van der Waals surface area (Å²) < 4.78 is 0. The van der Waals surface area contributed by atoms with Crippen LogP contribution in [0.25, 0.3) is 0 Å². The van der Waals surface area contributed by atoms with Gasteiger partial charge in [-0.15, -0.1) is 0 Å². The van der Waals surface area contributed by atoms with Crippen molar-refractivity contribution in [3.8, 4) is 0 Å². The molecule has 1 atom stereocenters. The Balaban J connectivity index is 2.00. The molecule has 2 amide bonds. The Morgan fingerprint density at radius 2 is 1.70 bits per heavy atom. The van der Waals surface area contributed by atoms with Crippen molar-refractivity contribution in [2.75, 3.05) is 0 Å². The molecule has 1 heterocycles. The first kappa shape index (κ1) is 12.4. The van der Waals surface area contributed by atoms with Gasteiger partial charge in [-0.3, -0.25) is 9.59 Å². The summed E-state index contributed by atoms with van der Waals surface area (Å²) in [6.07, 6.45) is 0. The second kappa shape index (κ2) is 4.81. The summed E-state index contributed by atoms with van der Waals surface area (Å²) in [7, 11) is 0. The van der Waals surface area contributed by atoms with E-state index in [9.17, 15) is 9.59 Å². The minimum absolute atomic E-state index is 0.145. The highest BCUT2D eigenvalue weighted by molar-refractivity contribution is 6.01. The number of amides is 2. The molecule has 1 aliphatic rings. The lowest BCUT2D eigenvalue weighted by Crippen LogP contribution is -2.38. The van der Waals surface area contributed by atoms with Crippen molar-refractivity contribution < 1.29 is 9.59 Å². The predicted octanol–water partition coefficient (Wildman–Crippen LogP) is 1.87. The number of carbonyl (C=O) groups excluding carboxylic acids is 2. The number of benzene rings is 2. The monoisotopic (exact) mass is 266 g/mol. The molecule has 0 saturated carbocycles. The summed E-state index contributed by atoms with van der Waals surface area (Å²) in [6.45, 7) is 0.414. The first-order valence-corrected chi connectivity index (χ1v) is 6.41. The molecule has 0 fully saturated rings. The third-order valence-corrected chi connectivity index (χ3v) is 3.55. The topological polar surface area (TPSA) is 63.4 Å². The molecular weight excluding hydrogens is 252 g/mol. The third-order valence-electron chi connectivity index (χ3n) is 3.55. The smallest absolute Gasteiger partial charge is 0.255 e. The zero-order valence-corrected chi connectivity index (χ0v) is 10.8. The molecule has 2 aromatic carbocycles. The second-order valence-corrected chi connectivity index (χ2v) is 4.81. The number of nitrogens with two attached hydrogens (primary N) is 1. The van der Waals surface area contributed by atoms with Crippen LogP contribution in [0.2, 0.25) is 0 Å². The molecule has 1 aliphatic heterocycles. The third kappa shape index (κ3) is 1.95. The summed E-state index contributed by atoms with van der Waals surface area (Å²) in [6, 6.07) is 15.8. The van der Waals surface area contributed by atoms with E-state index >= 15 is 0 Å². The molecule has 0 saturated heterocycles. The van der Waals surface area contributed by atoms with Crippen LogP contribution in [0.5, 0.6) is 0 Å². The van der Waals surface area contributed by atoms with Crippen molar-refractivity contribution in [1.82, 2.24) is 4.90 Å². The highest BCUT2D eigenvalue weighted by Gasteiger charge is 2.35. The zero-order chi connectivity index (χ0) is 14.1. The second-order valence-electron chi connectivity index (χ2n) is 4.81. The standard InChI is InChI=1S/C16H14N2O2/c17-15(19)14(11-6-2-1-3-7-11)18-10-12-8-4-5-9-13(12)16(18)20/h1-9,14H,10H2,(H2,17,19). The fraction of sp³-hybridized carbons (Fsp3) is 0.125. The zero-order valence-electron chi connectivity index (χ0n) is 10.8. The van der Waals surface area contributed by atoms with Gasteiger partial charge in [0.25, 0.3) is 5.91 Å². The minimum Gasteiger partial charge on any atom is -0.368 e. The number of carbonyl (C=O) groups is 2. The molecule has 20 heavy (non-hydrogen) atoms. The molecule has 0 spiro atoms. The van der Waals surface area contributed by atoms with Gasteiger partial charge in [0.2, 0.25) is 5.91 Å². The fourth-order valence-corrected chi connectivity index (χ4v) is 2.62. The summed E-state index contributed by atoms with van der Waals surface area (Å²) in [4.78, 5) is 25.8. The van der Waals surface area contributed by atoms with E-state index in [1.165, 1.54) is 4.90 Å². The van der Waals surface area contributed by atoms with Crippen LogP contribution >= 0.6 is 0 Å². The highest BCUT2D eigenvalue weighted by atomic mass is 16.2. The first-order chi connectivity index (χ1) is 9.68. The van der Waals surface area contributed by atoms with E-state index in [1.54, 1.807) is 6.07 Å². The van der Waals surface area contributed by atoms with Gasteiger partial charge in [0, 0.05) is 12.1 Å². The van der Waals surface area contributed by atoms with E-state index in [4.69, 9.17) is 5.73 Å². The molecule has 0 aromatic heterocycles. The van der Waals surface area contributed by atoms with Crippen LogP contribution in [0, 0.1) is 0 Å². The van der Waals surface area contributed by atoms with E-state index in [0.29, 0.717) is 12.1 Å². The van der Waals surface area contributed by atoms with Gasteiger partial charge in [-0.2, -0.15) is 0 Å². The lowest BCUT2D eigenvalue weighted by molar-refractivity contribution is -0.122. The van der Waals surface area contributed by atoms with Crippen molar-refractivity contribution in [3.05, 3.63) is 71.3 Å². The molecule has 100 valence electrons. The van der Waals surface area contributed by atoms with Crippen molar-refractivity contribution in [3.63, 3.8) is 0 Å². The minimum atomic E-state index is -0.726. The van der Waals surface area contributed by atoms with E-state index in [1.807, 2.05) is 48.5 Å². The summed E-state index contributed by atoms with van der Waals surface area (Å²) >= 11 is 0. The molecule has 4 heteroatoms. The molecule has 4 nitrogen and oxygen atoms in total. The molecule has 3 rings (SSSR count). The average molecular weight is 266 g/mol. The Morgan fingerprint density at radius 3 is 2.35 bits per heavy atom. The van der Waals surface area contributed by atoms with E-state index in [0.717, 1.165) is 11.1 Å². The molecule has 0 radical (unpaired) electrons. The van der Waals surface area contributed by atoms with Crippen LogP contribution in [0.15, 0.2) is 54.6 Å². The van der Waals surface area contributed by atoms with Crippen LogP contribution in [-0.2, 0) is 11.3 Å². The quantitative estimate of drug-likeness (QED) is 0.921.